The number of aliphatic hydroxyl groups excluding tert-OH is 4. The van der Waals surface area contributed by atoms with Crippen LogP contribution in [-0.4, -0.2) is 148 Å². The number of rotatable bonds is 17. The van der Waals surface area contributed by atoms with Gasteiger partial charge in [-0.1, -0.05) is 23.5 Å². The van der Waals surface area contributed by atoms with E-state index in [0.717, 1.165) is 0 Å². The predicted octanol–water partition coefficient (Wildman–Crippen LogP) is -0.310. The van der Waals surface area contributed by atoms with E-state index in [-0.39, 0.29) is 27.8 Å². The van der Waals surface area contributed by atoms with Gasteiger partial charge in [-0.3, -0.25) is 9.13 Å². The molecule has 11 N–H and O–H groups in total. The van der Waals surface area contributed by atoms with Gasteiger partial charge in [-0.2, -0.15) is 4.31 Å². The van der Waals surface area contributed by atoms with Crippen LogP contribution in [0.2, 0.25) is 0 Å². The van der Waals surface area contributed by atoms with E-state index in [9.17, 15) is 49.1 Å². The number of thioether (sulfide) groups is 2. The van der Waals surface area contributed by atoms with Crippen LogP contribution in [0.4, 0.5) is 11.6 Å². The van der Waals surface area contributed by atoms with Crippen molar-refractivity contribution in [3.05, 3.63) is 12.7 Å². The molecule has 6 heterocycles. The Kier molecular flexibility index (Phi) is 14.1. The van der Waals surface area contributed by atoms with Gasteiger partial charge in [-0.25, -0.2) is 47.7 Å². The van der Waals surface area contributed by atoms with Crippen LogP contribution in [0.15, 0.2) is 23.0 Å². The van der Waals surface area contributed by atoms with Crippen molar-refractivity contribution in [1.82, 2.24) is 39.0 Å². The van der Waals surface area contributed by atoms with Crippen molar-refractivity contribution in [2.75, 3.05) is 43.8 Å². The highest BCUT2D eigenvalue weighted by molar-refractivity contribution is 8.09. The Bertz CT molecular complexity index is 2370. The van der Waals surface area contributed by atoms with E-state index < -0.39 is 91.4 Å². The Balaban J connectivity index is 1.03. The minimum atomic E-state index is -5.91. The van der Waals surface area contributed by atoms with Crippen LogP contribution in [0, 0.1) is 0 Å². The topological polar surface area (TPSA) is 386 Å². The number of hydrogen-bond acceptors (Lipinski definition) is 25. The predicted molar refractivity (Wildman–Crippen MR) is 208 cm³/mol. The van der Waals surface area contributed by atoms with Crippen LogP contribution in [0.5, 0.6) is 0 Å². The smallest absolute Gasteiger partial charge is 0.387 e. The molecule has 0 bridgehead atoms. The zero-order chi connectivity index (χ0) is 42.5. The van der Waals surface area contributed by atoms with E-state index in [1.165, 1.54) is 45.3 Å². The lowest BCUT2D eigenvalue weighted by Gasteiger charge is -2.24. The molecule has 322 valence electrons. The highest BCUT2D eigenvalue weighted by Crippen LogP contribution is 2.71. The molecule has 0 spiro atoms. The Morgan fingerprint density at radius 1 is 0.741 bits per heavy atom. The van der Waals surface area contributed by atoms with Gasteiger partial charge in [0.2, 0.25) is 0 Å². The van der Waals surface area contributed by atoms with Gasteiger partial charge in [0.05, 0.1) is 25.9 Å². The summed E-state index contributed by atoms with van der Waals surface area (Å²) in [5.41, 5.74) is 6.81. The van der Waals surface area contributed by atoms with Gasteiger partial charge in [0.15, 0.2) is 51.2 Å². The van der Waals surface area contributed by atoms with Gasteiger partial charge in [-0.15, -0.1) is 0 Å². The summed E-state index contributed by atoms with van der Waals surface area (Å²) < 4.78 is 62.2. The molecule has 0 saturated carbocycles. The van der Waals surface area contributed by atoms with Crippen molar-refractivity contribution in [1.29, 1.82) is 0 Å². The molecule has 0 radical (unpaired) electrons. The highest BCUT2D eigenvalue weighted by atomic mass is 32.5. The summed E-state index contributed by atoms with van der Waals surface area (Å²) in [6.45, 7) is -11.5. The van der Waals surface area contributed by atoms with Crippen LogP contribution in [0.25, 0.3) is 22.3 Å². The first-order valence-corrected chi connectivity index (χ1v) is 26.5. The maximum Gasteiger partial charge on any atom is 0.488 e. The molecule has 2 aliphatic heterocycles. The van der Waals surface area contributed by atoms with Gasteiger partial charge in [0.25, 0.3) is 0 Å². The monoisotopic (exact) mass is 974 g/mol. The fourth-order valence-electron chi connectivity index (χ4n) is 5.54. The fourth-order valence-corrected chi connectivity index (χ4v) is 13.1. The third-order valence-electron chi connectivity index (χ3n) is 8.08. The molecule has 4 unspecified atom stereocenters. The van der Waals surface area contributed by atoms with E-state index >= 15 is 0 Å². The highest BCUT2D eigenvalue weighted by Gasteiger charge is 2.48. The zero-order valence-electron chi connectivity index (χ0n) is 29.5. The maximum atomic E-state index is 12.6. The summed E-state index contributed by atoms with van der Waals surface area (Å²) in [5.74, 6) is 0.416. The number of anilines is 2. The number of nitrogens with zero attached hydrogens (tertiary/aromatic N) is 8. The third-order valence-corrected chi connectivity index (χ3v) is 16.9. The number of imidazole rings is 2. The van der Waals surface area contributed by atoms with Gasteiger partial charge in [0, 0.05) is 7.05 Å². The van der Waals surface area contributed by atoms with Crippen molar-refractivity contribution < 1.29 is 80.6 Å². The molecule has 58 heavy (non-hydrogen) atoms. The molecule has 35 heteroatoms. The van der Waals surface area contributed by atoms with Crippen LogP contribution in [0.1, 0.15) is 12.5 Å². The van der Waals surface area contributed by atoms with Gasteiger partial charge >= 0.3 is 29.1 Å². The Hall–Kier alpha value is -1.44. The molecule has 2 aliphatic rings. The van der Waals surface area contributed by atoms with Crippen LogP contribution < -0.4 is 11.1 Å². The number of aliphatic hydroxyl groups is 4. The number of nitrogens with two attached hydrogens (primary N) is 1. The Morgan fingerprint density at radius 2 is 1.17 bits per heavy atom. The van der Waals surface area contributed by atoms with Crippen LogP contribution in [-0.2, 0) is 64.2 Å². The van der Waals surface area contributed by atoms with Crippen molar-refractivity contribution in [2.24, 2.45) is 0 Å². The van der Waals surface area contributed by atoms with Crippen molar-refractivity contribution in [2.45, 2.75) is 59.4 Å². The molecule has 6 rings (SSSR count). The summed E-state index contributed by atoms with van der Waals surface area (Å²) in [6, 6.07) is 0. The Labute approximate surface area is 344 Å². The minimum Gasteiger partial charge on any atom is -0.387 e. The van der Waals surface area contributed by atoms with Gasteiger partial charge in [0.1, 0.15) is 42.1 Å². The van der Waals surface area contributed by atoms with Crippen molar-refractivity contribution in [3.8, 4) is 0 Å². The summed E-state index contributed by atoms with van der Waals surface area (Å²) >= 11 is 11.8. The quantitative estimate of drug-likeness (QED) is 0.0368. The molecular weight excluding hydrogens is 940 g/mol. The van der Waals surface area contributed by atoms with Crippen molar-refractivity contribution in [3.63, 3.8) is 0 Å². The molecular formula is C23H34N10O17P4S4. The lowest BCUT2D eigenvalue weighted by molar-refractivity contribution is -0.0488. The summed E-state index contributed by atoms with van der Waals surface area (Å²) in [7, 11) is -10.2. The molecule has 4 aromatic rings. The second-order valence-corrected chi connectivity index (χ2v) is 22.4. The number of fused-ring (bicyclic) bond motifs is 2. The van der Waals surface area contributed by atoms with E-state index in [0.29, 0.717) is 16.5 Å². The summed E-state index contributed by atoms with van der Waals surface area (Å²) in [4.78, 5) is 66.6. The number of ether oxygens (including phenoxy) is 2. The molecule has 12 atom stereocenters. The molecule has 2 fully saturated rings. The first-order chi connectivity index (χ1) is 27.1. The number of nitrogen functional groups attached to an aromatic ring is 1. The van der Waals surface area contributed by atoms with Gasteiger partial charge < -0.3 is 69.6 Å². The van der Waals surface area contributed by atoms with E-state index in [1.807, 2.05) is 0 Å². The molecule has 0 aliphatic carbocycles. The summed E-state index contributed by atoms with van der Waals surface area (Å²) in [6.07, 6.45) is -6.21. The fraction of sp³-hybridized carbons (Fsp3) is 0.565. The lowest BCUT2D eigenvalue weighted by atomic mass is 10.1. The van der Waals surface area contributed by atoms with Crippen molar-refractivity contribution >= 4 is 110 Å². The third kappa shape index (κ3) is 10.1. The SMILES string of the molecule is CNc1nc(SC)nc2c1ncn2[C@@H]1O[C@H](COP(O)(=S)OP(=O)(O)OP(=O)(O)OP(O)(=S)OC[C@H]2O[C@@H](n3cnc4c(N)nc(SC)nc43)[C@H](O)[C@@H]2O)[C@@H](O)[C@H]1O. The summed E-state index contributed by atoms with van der Waals surface area (Å²) in [5, 5.41) is 46.3. The van der Waals surface area contributed by atoms with Crippen LogP contribution >= 0.6 is 52.6 Å². The maximum absolute atomic E-state index is 12.6. The number of aromatic nitrogens is 8. The van der Waals surface area contributed by atoms with Gasteiger partial charge in [-0.05, 0) is 36.1 Å². The zero-order valence-corrected chi connectivity index (χ0v) is 36.4. The molecule has 0 amide bonds. The molecule has 4 aromatic heterocycles. The molecule has 27 nitrogen and oxygen atoms in total. The average molecular weight is 975 g/mol. The lowest BCUT2D eigenvalue weighted by Crippen LogP contribution is -2.33. The first kappa shape index (κ1) is 46.1. The second kappa shape index (κ2) is 17.7. The normalized spacial score (nSPS) is 29.3. The average Bonchev–Trinajstić information content (AvgIpc) is 3.89. The van der Waals surface area contributed by atoms with Crippen LogP contribution in [0.3, 0.4) is 0 Å². The first-order valence-electron chi connectivity index (χ1n) is 15.9. The van der Waals surface area contributed by atoms with E-state index in [1.54, 1.807) is 19.6 Å². The standard InChI is InChI=1S/C23H34N10O17P4S4/c1-25-17-11-19(31-23(29-17)58-3)33(7-27-11)21-15(37)13(35)9(47-21)5-45-54(43,56)50-52(40,41)48-51(38,39)49-53(42,55)44-4-8-12(34)14(36)20(46-8)32-6-26-10-16(24)28-22(57-2)30-18(10)32/h6-9,12-15,20-21,34-37H,4-5H2,1-3H3,(H,38,39)(H,40,41)(H,42,55)(H,43,56)(H2,24,28,30)(H,25,29,31)/t8-,9-,12-,13-,14-,15-,20-,21-,53?,54?/m1/s1. The molecule has 2 saturated heterocycles. The second-order valence-electron chi connectivity index (χ2n) is 11.9. The largest absolute Gasteiger partial charge is 0.488 e. The molecule has 0 aromatic carbocycles. The number of hydrogen-bond donors (Lipinski definition) is 10. The van der Waals surface area contributed by atoms with E-state index in [2.05, 4.69) is 48.2 Å². The van der Waals surface area contributed by atoms with E-state index in [4.69, 9.17) is 47.9 Å². The number of nitrogens with one attached hydrogen (secondary N) is 1. The number of phosphoric acid groups is 2. The Morgan fingerprint density at radius 3 is 1.62 bits per heavy atom. The minimum absolute atomic E-state index is 0.0397.